The Balaban J connectivity index is 2.62. The van der Waals surface area contributed by atoms with Crippen LogP contribution in [0, 0.1) is 17.1 Å². The van der Waals surface area contributed by atoms with E-state index < -0.39 is 5.82 Å². The maximum Gasteiger partial charge on any atom is 0.123 e. The normalized spacial score (nSPS) is 11.7. The SMILES string of the molecule is N#C/C(=C(\Cl)c1cc(F)ccc1Br)c1cccnc1. The largest absolute Gasteiger partial charge is 0.264 e. The second-order valence-electron chi connectivity index (χ2n) is 3.67. The fourth-order valence-corrected chi connectivity index (χ4v) is 2.42. The van der Waals surface area contributed by atoms with E-state index in [1.807, 2.05) is 6.07 Å². The molecule has 0 N–H and O–H groups in total. The van der Waals surface area contributed by atoms with Crippen LogP contribution >= 0.6 is 27.5 Å². The molecule has 0 amide bonds. The molecule has 1 aromatic carbocycles. The highest BCUT2D eigenvalue weighted by atomic mass is 79.9. The van der Waals surface area contributed by atoms with Gasteiger partial charge < -0.3 is 0 Å². The van der Waals surface area contributed by atoms with Crippen LogP contribution in [0.1, 0.15) is 11.1 Å². The lowest BCUT2D eigenvalue weighted by Gasteiger charge is -2.06. The Labute approximate surface area is 123 Å². The third-order valence-corrected chi connectivity index (χ3v) is 3.53. The Morgan fingerprint density at radius 3 is 2.79 bits per heavy atom. The number of allylic oxidation sites excluding steroid dienone is 1. The monoisotopic (exact) mass is 336 g/mol. The van der Waals surface area contributed by atoms with E-state index in [0.29, 0.717) is 15.6 Å². The summed E-state index contributed by atoms with van der Waals surface area (Å²) in [6.45, 7) is 0. The van der Waals surface area contributed by atoms with E-state index in [1.165, 1.54) is 18.3 Å². The van der Waals surface area contributed by atoms with Gasteiger partial charge in [0.05, 0.1) is 10.6 Å². The Bertz CT molecular complexity index is 678. The van der Waals surface area contributed by atoms with E-state index in [9.17, 15) is 9.65 Å². The smallest absolute Gasteiger partial charge is 0.123 e. The van der Waals surface area contributed by atoms with E-state index in [2.05, 4.69) is 20.9 Å². The highest BCUT2D eigenvalue weighted by Crippen LogP contribution is 2.33. The summed E-state index contributed by atoms with van der Waals surface area (Å²) in [5, 5.41) is 9.42. The molecule has 0 radical (unpaired) electrons. The summed E-state index contributed by atoms with van der Waals surface area (Å²) < 4.78 is 13.9. The average molecular weight is 338 g/mol. The molecule has 0 bridgehead atoms. The summed E-state index contributed by atoms with van der Waals surface area (Å²) in [5.41, 5.74) is 1.27. The topological polar surface area (TPSA) is 36.7 Å². The van der Waals surface area contributed by atoms with Crippen molar-refractivity contribution in [1.82, 2.24) is 4.98 Å². The number of hydrogen-bond acceptors (Lipinski definition) is 2. The van der Waals surface area contributed by atoms with E-state index in [-0.39, 0.29) is 10.6 Å². The van der Waals surface area contributed by atoms with Gasteiger partial charge in [0.15, 0.2) is 0 Å². The first-order valence-electron chi connectivity index (χ1n) is 5.29. The number of hydrogen-bond donors (Lipinski definition) is 0. The van der Waals surface area contributed by atoms with Gasteiger partial charge in [-0.05, 0) is 24.3 Å². The molecular weight excluding hydrogens is 331 g/mol. The van der Waals surface area contributed by atoms with Crippen LogP contribution in [-0.4, -0.2) is 4.98 Å². The summed E-state index contributed by atoms with van der Waals surface area (Å²) in [7, 11) is 0. The molecule has 0 unspecified atom stereocenters. The van der Waals surface area contributed by atoms with Crippen molar-refractivity contribution < 1.29 is 4.39 Å². The Morgan fingerprint density at radius 1 is 1.37 bits per heavy atom. The molecule has 0 aliphatic rings. The molecule has 1 heterocycles. The molecule has 0 aliphatic heterocycles. The van der Waals surface area contributed by atoms with Crippen molar-refractivity contribution >= 4 is 38.1 Å². The van der Waals surface area contributed by atoms with Crippen molar-refractivity contribution in [2.24, 2.45) is 0 Å². The minimum absolute atomic E-state index is 0.182. The summed E-state index contributed by atoms with van der Waals surface area (Å²) in [4.78, 5) is 3.94. The van der Waals surface area contributed by atoms with Gasteiger partial charge >= 0.3 is 0 Å². The quantitative estimate of drug-likeness (QED) is 0.750. The van der Waals surface area contributed by atoms with Crippen LogP contribution in [0.25, 0.3) is 10.6 Å². The van der Waals surface area contributed by atoms with E-state index in [1.54, 1.807) is 24.4 Å². The number of halogens is 3. The lowest BCUT2D eigenvalue weighted by molar-refractivity contribution is 0.627. The van der Waals surface area contributed by atoms with Crippen LogP contribution in [0.5, 0.6) is 0 Å². The number of benzene rings is 1. The van der Waals surface area contributed by atoms with Gasteiger partial charge in [0.1, 0.15) is 11.9 Å². The molecule has 19 heavy (non-hydrogen) atoms. The van der Waals surface area contributed by atoms with Crippen LogP contribution in [0.3, 0.4) is 0 Å². The molecule has 5 heteroatoms. The first kappa shape index (κ1) is 13.7. The molecule has 2 rings (SSSR count). The Morgan fingerprint density at radius 2 is 2.16 bits per heavy atom. The van der Waals surface area contributed by atoms with Gasteiger partial charge in [-0.15, -0.1) is 0 Å². The van der Waals surface area contributed by atoms with Crippen molar-refractivity contribution in [3.63, 3.8) is 0 Å². The van der Waals surface area contributed by atoms with Gasteiger partial charge in [-0.3, -0.25) is 4.98 Å². The molecule has 94 valence electrons. The van der Waals surface area contributed by atoms with Crippen LogP contribution < -0.4 is 0 Å². The second kappa shape index (κ2) is 5.96. The van der Waals surface area contributed by atoms with Crippen LogP contribution in [-0.2, 0) is 0 Å². The molecule has 0 fully saturated rings. The zero-order valence-electron chi connectivity index (χ0n) is 9.57. The average Bonchev–Trinajstić information content (AvgIpc) is 2.43. The van der Waals surface area contributed by atoms with E-state index >= 15 is 0 Å². The van der Waals surface area contributed by atoms with Gasteiger partial charge in [-0.1, -0.05) is 33.6 Å². The summed E-state index contributed by atoms with van der Waals surface area (Å²) in [6.07, 6.45) is 3.14. The van der Waals surface area contributed by atoms with Crippen molar-refractivity contribution in [2.45, 2.75) is 0 Å². The second-order valence-corrected chi connectivity index (χ2v) is 4.90. The third kappa shape index (κ3) is 3.01. The molecule has 0 saturated carbocycles. The standard InChI is InChI=1S/C14H7BrClFN2/c15-13-4-3-10(17)6-11(13)14(16)12(7-18)9-2-1-5-19-8-9/h1-6,8H/b14-12+. The van der Waals surface area contributed by atoms with Crippen LogP contribution in [0.2, 0.25) is 0 Å². The summed E-state index contributed by atoms with van der Waals surface area (Å²) >= 11 is 9.51. The lowest BCUT2D eigenvalue weighted by atomic mass is 10.1. The molecule has 0 saturated heterocycles. The zero-order chi connectivity index (χ0) is 13.8. The highest BCUT2D eigenvalue weighted by molar-refractivity contribution is 9.10. The van der Waals surface area contributed by atoms with Crippen LogP contribution in [0.4, 0.5) is 4.39 Å². The number of nitriles is 1. The molecule has 0 spiro atoms. The van der Waals surface area contributed by atoms with Crippen LogP contribution in [0.15, 0.2) is 47.2 Å². The minimum Gasteiger partial charge on any atom is -0.264 e. The first-order chi connectivity index (χ1) is 9.13. The summed E-state index contributed by atoms with van der Waals surface area (Å²) in [5.74, 6) is -0.417. The van der Waals surface area contributed by atoms with Gasteiger partial charge in [0.25, 0.3) is 0 Å². The predicted molar refractivity (Wildman–Crippen MR) is 76.6 cm³/mol. The first-order valence-corrected chi connectivity index (χ1v) is 6.46. The van der Waals surface area contributed by atoms with Crippen molar-refractivity contribution in [3.8, 4) is 6.07 Å². The maximum atomic E-state index is 13.3. The van der Waals surface area contributed by atoms with E-state index in [4.69, 9.17) is 11.6 Å². The molecule has 1 aromatic heterocycles. The maximum absolute atomic E-state index is 13.3. The fourth-order valence-electron chi connectivity index (χ4n) is 1.55. The predicted octanol–water partition coefficient (Wildman–Crippen LogP) is 4.61. The molecule has 0 atom stereocenters. The summed E-state index contributed by atoms with van der Waals surface area (Å²) in [6, 6.07) is 9.60. The van der Waals surface area contributed by atoms with Gasteiger partial charge in [0.2, 0.25) is 0 Å². The number of pyridine rings is 1. The van der Waals surface area contributed by atoms with Crippen molar-refractivity contribution in [1.29, 1.82) is 5.26 Å². The van der Waals surface area contributed by atoms with Crippen molar-refractivity contribution in [2.75, 3.05) is 0 Å². The molecule has 2 nitrogen and oxygen atoms in total. The number of rotatable bonds is 2. The Kier molecular flexibility index (Phi) is 4.31. The third-order valence-electron chi connectivity index (χ3n) is 2.45. The molecule has 0 aliphatic carbocycles. The molecule has 2 aromatic rings. The van der Waals surface area contributed by atoms with Gasteiger partial charge in [0, 0.05) is 28.0 Å². The molecular formula is C14H7BrClFN2. The van der Waals surface area contributed by atoms with Crippen molar-refractivity contribution in [3.05, 3.63) is 64.1 Å². The van der Waals surface area contributed by atoms with E-state index in [0.717, 1.165) is 0 Å². The van der Waals surface area contributed by atoms with Gasteiger partial charge in [-0.25, -0.2) is 4.39 Å². The fraction of sp³-hybridized carbons (Fsp3) is 0. The zero-order valence-corrected chi connectivity index (χ0v) is 11.9. The lowest BCUT2D eigenvalue weighted by Crippen LogP contribution is -1.89. The Hall–Kier alpha value is -1.70. The highest BCUT2D eigenvalue weighted by Gasteiger charge is 2.13. The number of nitrogens with zero attached hydrogens (tertiary/aromatic N) is 2. The number of aromatic nitrogens is 1. The van der Waals surface area contributed by atoms with Gasteiger partial charge in [-0.2, -0.15) is 5.26 Å². The minimum atomic E-state index is -0.417.